The summed E-state index contributed by atoms with van der Waals surface area (Å²) in [7, 11) is 0. The minimum Gasteiger partial charge on any atom is -0.392 e. The zero-order valence-corrected chi connectivity index (χ0v) is 12.9. The van der Waals surface area contributed by atoms with E-state index in [9.17, 15) is 5.11 Å². The summed E-state index contributed by atoms with van der Waals surface area (Å²) < 4.78 is 0. The summed E-state index contributed by atoms with van der Waals surface area (Å²) in [5.74, 6) is 0. The third kappa shape index (κ3) is 4.69. The van der Waals surface area contributed by atoms with Crippen LogP contribution in [0, 0.1) is 0 Å². The standard InChI is InChI=1S/C19H25NO/c1-3-19(21)16(2)20(14-17-10-6-4-7-11-17)15-18-12-8-5-9-13-18/h4-13,16,19,21H,3,14-15H2,1-2H3/t16-,19-/m0/s1. The molecule has 0 radical (unpaired) electrons. The van der Waals surface area contributed by atoms with E-state index in [0.717, 1.165) is 19.5 Å². The maximum absolute atomic E-state index is 10.2. The van der Waals surface area contributed by atoms with Crippen LogP contribution in [0.1, 0.15) is 31.4 Å². The Morgan fingerprint density at radius 1 is 0.857 bits per heavy atom. The van der Waals surface area contributed by atoms with E-state index in [2.05, 4.69) is 60.4 Å². The van der Waals surface area contributed by atoms with E-state index in [0.29, 0.717) is 0 Å². The molecule has 0 bridgehead atoms. The molecular formula is C19H25NO. The van der Waals surface area contributed by atoms with Crippen LogP contribution in [0.15, 0.2) is 60.7 Å². The lowest BCUT2D eigenvalue weighted by Crippen LogP contribution is -2.40. The summed E-state index contributed by atoms with van der Waals surface area (Å²) in [6.45, 7) is 5.85. The van der Waals surface area contributed by atoms with Crippen molar-refractivity contribution in [1.29, 1.82) is 0 Å². The first-order valence-electron chi connectivity index (χ1n) is 7.70. The monoisotopic (exact) mass is 283 g/mol. The van der Waals surface area contributed by atoms with Crippen LogP contribution in [-0.2, 0) is 13.1 Å². The summed E-state index contributed by atoms with van der Waals surface area (Å²) in [6.07, 6.45) is 0.485. The maximum Gasteiger partial charge on any atom is 0.0690 e. The van der Waals surface area contributed by atoms with Gasteiger partial charge in [-0.1, -0.05) is 67.6 Å². The highest BCUT2D eigenvalue weighted by Crippen LogP contribution is 2.16. The van der Waals surface area contributed by atoms with Gasteiger partial charge in [-0.2, -0.15) is 0 Å². The van der Waals surface area contributed by atoms with Gasteiger partial charge in [0.05, 0.1) is 6.10 Å². The minimum atomic E-state index is -0.294. The molecule has 0 heterocycles. The first-order chi connectivity index (χ1) is 10.2. The highest BCUT2D eigenvalue weighted by molar-refractivity contribution is 5.17. The predicted molar refractivity (Wildman–Crippen MR) is 87.9 cm³/mol. The van der Waals surface area contributed by atoms with Gasteiger partial charge in [0.25, 0.3) is 0 Å². The number of rotatable bonds is 7. The van der Waals surface area contributed by atoms with E-state index in [1.807, 2.05) is 19.1 Å². The van der Waals surface area contributed by atoms with Gasteiger partial charge in [-0.25, -0.2) is 0 Å². The lowest BCUT2D eigenvalue weighted by molar-refractivity contribution is 0.0469. The molecule has 0 aromatic heterocycles. The van der Waals surface area contributed by atoms with E-state index in [1.54, 1.807) is 0 Å². The molecule has 2 rings (SSSR count). The zero-order valence-electron chi connectivity index (χ0n) is 12.9. The number of hydrogen-bond donors (Lipinski definition) is 1. The van der Waals surface area contributed by atoms with Crippen LogP contribution in [0.4, 0.5) is 0 Å². The van der Waals surface area contributed by atoms with Crippen molar-refractivity contribution < 1.29 is 5.11 Å². The first-order valence-corrected chi connectivity index (χ1v) is 7.70. The summed E-state index contributed by atoms with van der Waals surface area (Å²) >= 11 is 0. The van der Waals surface area contributed by atoms with Crippen molar-refractivity contribution in [1.82, 2.24) is 4.90 Å². The quantitative estimate of drug-likeness (QED) is 0.834. The number of nitrogens with zero attached hydrogens (tertiary/aromatic N) is 1. The number of aliphatic hydroxyl groups excluding tert-OH is 1. The Kier molecular flexibility index (Phi) is 5.97. The molecule has 112 valence electrons. The lowest BCUT2D eigenvalue weighted by Gasteiger charge is -2.32. The SMILES string of the molecule is CC[C@H](O)[C@H](C)N(Cc1ccccc1)Cc1ccccc1. The van der Waals surface area contributed by atoms with Gasteiger partial charge in [-0.05, 0) is 24.5 Å². The Hall–Kier alpha value is -1.64. The molecule has 0 unspecified atom stereocenters. The average molecular weight is 283 g/mol. The third-order valence-electron chi connectivity index (χ3n) is 4.01. The molecule has 2 aromatic carbocycles. The van der Waals surface area contributed by atoms with Crippen molar-refractivity contribution in [3.63, 3.8) is 0 Å². The molecule has 2 aromatic rings. The molecule has 0 amide bonds. The van der Waals surface area contributed by atoms with E-state index in [1.165, 1.54) is 11.1 Å². The highest BCUT2D eigenvalue weighted by Gasteiger charge is 2.20. The van der Waals surface area contributed by atoms with Gasteiger partial charge in [0.2, 0.25) is 0 Å². The lowest BCUT2D eigenvalue weighted by atomic mass is 10.1. The van der Waals surface area contributed by atoms with Gasteiger partial charge >= 0.3 is 0 Å². The fraction of sp³-hybridized carbons (Fsp3) is 0.368. The smallest absolute Gasteiger partial charge is 0.0690 e. The second-order valence-corrected chi connectivity index (χ2v) is 5.59. The Morgan fingerprint density at radius 2 is 1.29 bits per heavy atom. The van der Waals surface area contributed by atoms with Crippen LogP contribution in [0.2, 0.25) is 0 Å². The van der Waals surface area contributed by atoms with Crippen LogP contribution in [0.25, 0.3) is 0 Å². The van der Waals surface area contributed by atoms with Crippen molar-refractivity contribution in [3.8, 4) is 0 Å². The topological polar surface area (TPSA) is 23.5 Å². The largest absolute Gasteiger partial charge is 0.392 e. The van der Waals surface area contributed by atoms with Crippen molar-refractivity contribution >= 4 is 0 Å². The minimum absolute atomic E-state index is 0.135. The van der Waals surface area contributed by atoms with Gasteiger partial charge in [0.15, 0.2) is 0 Å². The Balaban J connectivity index is 2.13. The maximum atomic E-state index is 10.2. The Morgan fingerprint density at radius 3 is 1.67 bits per heavy atom. The van der Waals surface area contributed by atoms with E-state index >= 15 is 0 Å². The number of hydrogen-bond acceptors (Lipinski definition) is 2. The van der Waals surface area contributed by atoms with Crippen molar-refractivity contribution in [2.24, 2.45) is 0 Å². The molecule has 0 saturated heterocycles. The normalized spacial score (nSPS) is 14.1. The first kappa shape index (κ1) is 15.7. The highest BCUT2D eigenvalue weighted by atomic mass is 16.3. The molecule has 2 atom stereocenters. The molecule has 0 spiro atoms. The molecule has 0 saturated carbocycles. The van der Waals surface area contributed by atoms with E-state index < -0.39 is 0 Å². The number of benzene rings is 2. The molecule has 0 aliphatic carbocycles. The Bertz CT molecular complexity index is 470. The van der Waals surface area contributed by atoms with E-state index in [-0.39, 0.29) is 12.1 Å². The average Bonchev–Trinajstić information content (AvgIpc) is 2.54. The zero-order chi connectivity index (χ0) is 15.1. The van der Waals surface area contributed by atoms with Gasteiger partial charge < -0.3 is 5.11 Å². The van der Waals surface area contributed by atoms with Crippen molar-refractivity contribution in [2.45, 2.75) is 45.5 Å². The van der Waals surface area contributed by atoms with Gasteiger partial charge in [0.1, 0.15) is 0 Å². The molecule has 1 N–H and O–H groups in total. The summed E-state index contributed by atoms with van der Waals surface area (Å²) in [5.41, 5.74) is 2.56. The molecule has 2 nitrogen and oxygen atoms in total. The van der Waals surface area contributed by atoms with Gasteiger partial charge in [-0.3, -0.25) is 4.90 Å². The second kappa shape index (κ2) is 7.96. The van der Waals surface area contributed by atoms with Crippen LogP contribution in [0.3, 0.4) is 0 Å². The van der Waals surface area contributed by atoms with Crippen LogP contribution < -0.4 is 0 Å². The van der Waals surface area contributed by atoms with Gasteiger partial charge in [0, 0.05) is 19.1 Å². The molecule has 0 fully saturated rings. The number of aliphatic hydroxyl groups is 1. The Labute approximate surface area is 128 Å². The summed E-state index contributed by atoms with van der Waals surface area (Å²) in [5, 5.41) is 10.2. The fourth-order valence-electron chi connectivity index (χ4n) is 2.56. The second-order valence-electron chi connectivity index (χ2n) is 5.59. The summed E-state index contributed by atoms with van der Waals surface area (Å²) in [4.78, 5) is 2.35. The predicted octanol–water partition coefficient (Wildman–Crippen LogP) is 3.85. The van der Waals surface area contributed by atoms with Crippen LogP contribution >= 0.6 is 0 Å². The fourth-order valence-corrected chi connectivity index (χ4v) is 2.56. The van der Waals surface area contributed by atoms with Crippen LogP contribution in [-0.4, -0.2) is 22.2 Å². The summed E-state index contributed by atoms with van der Waals surface area (Å²) in [6, 6.07) is 21.0. The molecule has 0 aliphatic heterocycles. The van der Waals surface area contributed by atoms with Gasteiger partial charge in [-0.15, -0.1) is 0 Å². The molecule has 0 aliphatic rings. The molecule has 2 heteroatoms. The van der Waals surface area contributed by atoms with E-state index in [4.69, 9.17) is 0 Å². The third-order valence-corrected chi connectivity index (χ3v) is 4.01. The van der Waals surface area contributed by atoms with Crippen molar-refractivity contribution in [3.05, 3.63) is 71.8 Å². The molecular weight excluding hydrogens is 258 g/mol. The molecule has 21 heavy (non-hydrogen) atoms. The van der Waals surface area contributed by atoms with Crippen LogP contribution in [0.5, 0.6) is 0 Å². The van der Waals surface area contributed by atoms with Crippen molar-refractivity contribution in [2.75, 3.05) is 0 Å².